The van der Waals surface area contributed by atoms with Gasteiger partial charge in [-0.3, -0.25) is 0 Å². The fourth-order valence-corrected chi connectivity index (χ4v) is 1.69. The molecule has 2 aromatic rings. The van der Waals surface area contributed by atoms with Gasteiger partial charge in [0.15, 0.2) is 0 Å². The van der Waals surface area contributed by atoms with Crippen LogP contribution >= 0.6 is 0 Å². The first-order valence-corrected chi connectivity index (χ1v) is 5.00. The second kappa shape index (κ2) is 4.00. The normalized spacial score (nSPS) is 13.3. The maximum atomic E-state index is 8.82. The van der Waals surface area contributed by atoms with Crippen LogP contribution in [-0.4, -0.2) is 21.3 Å². The Morgan fingerprint density at radius 3 is 3.07 bits per heavy atom. The van der Waals surface area contributed by atoms with Crippen LogP contribution in [0, 0.1) is 0 Å². The van der Waals surface area contributed by atoms with Crippen LogP contribution in [0.5, 0.6) is 0 Å². The van der Waals surface area contributed by atoms with E-state index in [0.717, 1.165) is 16.6 Å². The van der Waals surface area contributed by atoms with Crippen molar-refractivity contribution in [3.8, 4) is 0 Å². The molecule has 1 unspecified atom stereocenters. The lowest BCUT2D eigenvalue weighted by Gasteiger charge is -2.09. The molecule has 0 radical (unpaired) electrons. The van der Waals surface area contributed by atoms with Gasteiger partial charge in [-0.05, 0) is 24.1 Å². The number of hydrogen-bond donors (Lipinski definition) is 2. The average molecular weight is 205 g/mol. The standard InChI is InChI=1S/C11H15N3O/c1-14-7-13-10-6-8(2-3-11(10)14)9(12)4-5-15/h2-3,6-7,9,15H,4-5,12H2,1H3. The third-order valence-electron chi connectivity index (χ3n) is 2.62. The highest BCUT2D eigenvalue weighted by Gasteiger charge is 2.07. The molecule has 1 heterocycles. The molecule has 2 rings (SSSR count). The second-order valence-corrected chi connectivity index (χ2v) is 3.72. The number of aryl methyl sites for hydroxylation is 1. The van der Waals surface area contributed by atoms with Gasteiger partial charge in [0.05, 0.1) is 17.4 Å². The summed E-state index contributed by atoms with van der Waals surface area (Å²) in [5, 5.41) is 8.82. The van der Waals surface area contributed by atoms with E-state index in [9.17, 15) is 0 Å². The van der Waals surface area contributed by atoms with Crippen molar-refractivity contribution in [1.29, 1.82) is 0 Å². The Kier molecular flexibility index (Phi) is 2.70. The molecule has 80 valence electrons. The Balaban J connectivity index is 2.38. The molecule has 4 nitrogen and oxygen atoms in total. The molecule has 0 spiro atoms. The van der Waals surface area contributed by atoms with Crippen LogP contribution in [0.1, 0.15) is 18.0 Å². The molecule has 0 saturated heterocycles. The number of rotatable bonds is 3. The van der Waals surface area contributed by atoms with Gasteiger partial charge in [-0.1, -0.05) is 6.07 Å². The van der Waals surface area contributed by atoms with E-state index >= 15 is 0 Å². The highest BCUT2D eigenvalue weighted by molar-refractivity contribution is 5.76. The molecular weight excluding hydrogens is 190 g/mol. The number of imidazole rings is 1. The van der Waals surface area contributed by atoms with Gasteiger partial charge in [-0.15, -0.1) is 0 Å². The number of aromatic nitrogens is 2. The Labute approximate surface area is 88.3 Å². The van der Waals surface area contributed by atoms with Gasteiger partial charge in [-0.25, -0.2) is 4.98 Å². The smallest absolute Gasteiger partial charge is 0.0955 e. The van der Waals surface area contributed by atoms with Crippen LogP contribution in [0.2, 0.25) is 0 Å². The van der Waals surface area contributed by atoms with Crippen molar-refractivity contribution in [2.75, 3.05) is 6.61 Å². The average Bonchev–Trinajstić information content (AvgIpc) is 2.60. The highest BCUT2D eigenvalue weighted by Crippen LogP contribution is 2.19. The van der Waals surface area contributed by atoms with Gasteiger partial charge in [-0.2, -0.15) is 0 Å². The van der Waals surface area contributed by atoms with Crippen molar-refractivity contribution in [3.63, 3.8) is 0 Å². The first kappa shape index (κ1) is 10.1. The van der Waals surface area contributed by atoms with Crippen molar-refractivity contribution < 1.29 is 5.11 Å². The van der Waals surface area contributed by atoms with Crippen molar-refractivity contribution in [3.05, 3.63) is 30.1 Å². The molecule has 0 fully saturated rings. The molecule has 1 aromatic carbocycles. The summed E-state index contributed by atoms with van der Waals surface area (Å²) in [5.41, 5.74) is 8.97. The van der Waals surface area contributed by atoms with Gasteiger partial charge >= 0.3 is 0 Å². The number of hydrogen-bond acceptors (Lipinski definition) is 3. The molecule has 0 aliphatic heterocycles. The minimum absolute atomic E-state index is 0.110. The summed E-state index contributed by atoms with van der Waals surface area (Å²) < 4.78 is 1.97. The fourth-order valence-electron chi connectivity index (χ4n) is 1.69. The summed E-state index contributed by atoms with van der Waals surface area (Å²) >= 11 is 0. The Morgan fingerprint density at radius 2 is 2.33 bits per heavy atom. The minimum atomic E-state index is -0.110. The van der Waals surface area contributed by atoms with Crippen LogP contribution in [-0.2, 0) is 7.05 Å². The van der Waals surface area contributed by atoms with E-state index in [2.05, 4.69) is 4.98 Å². The predicted octanol–water partition coefficient (Wildman–Crippen LogP) is 0.956. The number of benzene rings is 1. The number of nitrogens with zero attached hydrogens (tertiary/aromatic N) is 2. The third-order valence-corrected chi connectivity index (χ3v) is 2.62. The minimum Gasteiger partial charge on any atom is -0.396 e. The van der Waals surface area contributed by atoms with E-state index in [4.69, 9.17) is 10.8 Å². The maximum absolute atomic E-state index is 8.82. The number of nitrogens with two attached hydrogens (primary N) is 1. The van der Waals surface area contributed by atoms with Crippen LogP contribution in [0.3, 0.4) is 0 Å². The zero-order chi connectivity index (χ0) is 10.8. The molecule has 4 heteroatoms. The predicted molar refractivity (Wildman–Crippen MR) is 59.3 cm³/mol. The number of aliphatic hydroxyl groups excluding tert-OH is 1. The lowest BCUT2D eigenvalue weighted by molar-refractivity contribution is 0.276. The van der Waals surface area contributed by atoms with Crippen molar-refractivity contribution >= 4 is 11.0 Å². The van der Waals surface area contributed by atoms with Crippen LogP contribution in [0.25, 0.3) is 11.0 Å². The Hall–Kier alpha value is -1.39. The molecule has 0 aliphatic carbocycles. The van der Waals surface area contributed by atoms with E-state index in [1.165, 1.54) is 0 Å². The molecule has 0 amide bonds. The van der Waals surface area contributed by atoms with Gasteiger partial charge in [0.25, 0.3) is 0 Å². The molecule has 1 atom stereocenters. The number of aliphatic hydroxyl groups is 1. The summed E-state index contributed by atoms with van der Waals surface area (Å²) in [6, 6.07) is 5.87. The summed E-state index contributed by atoms with van der Waals surface area (Å²) in [6.45, 7) is 0.113. The zero-order valence-corrected chi connectivity index (χ0v) is 8.72. The maximum Gasteiger partial charge on any atom is 0.0955 e. The van der Waals surface area contributed by atoms with Crippen LogP contribution in [0.15, 0.2) is 24.5 Å². The molecule has 0 bridgehead atoms. The first-order chi connectivity index (χ1) is 7.22. The largest absolute Gasteiger partial charge is 0.396 e. The molecule has 1 aromatic heterocycles. The molecule has 0 aliphatic rings. The lowest BCUT2D eigenvalue weighted by atomic mass is 10.0. The van der Waals surface area contributed by atoms with Crippen molar-refractivity contribution in [1.82, 2.24) is 9.55 Å². The Morgan fingerprint density at radius 1 is 1.53 bits per heavy atom. The first-order valence-electron chi connectivity index (χ1n) is 5.00. The van der Waals surface area contributed by atoms with Gasteiger partial charge < -0.3 is 15.4 Å². The molecule has 15 heavy (non-hydrogen) atoms. The van der Waals surface area contributed by atoms with Crippen LogP contribution < -0.4 is 5.73 Å². The lowest BCUT2D eigenvalue weighted by Crippen LogP contribution is -2.11. The SMILES string of the molecule is Cn1cnc2cc(C(N)CCO)ccc21. The van der Waals surface area contributed by atoms with Gasteiger partial charge in [0, 0.05) is 19.7 Å². The quantitative estimate of drug-likeness (QED) is 0.784. The second-order valence-electron chi connectivity index (χ2n) is 3.72. The highest BCUT2D eigenvalue weighted by atomic mass is 16.3. The van der Waals surface area contributed by atoms with Crippen molar-refractivity contribution in [2.45, 2.75) is 12.5 Å². The van der Waals surface area contributed by atoms with Crippen molar-refractivity contribution in [2.24, 2.45) is 12.8 Å². The van der Waals surface area contributed by atoms with Gasteiger partial charge in [0.1, 0.15) is 0 Å². The molecule has 3 N–H and O–H groups in total. The van der Waals surface area contributed by atoms with E-state index in [1.807, 2.05) is 29.8 Å². The summed E-state index contributed by atoms with van der Waals surface area (Å²) in [4.78, 5) is 4.27. The zero-order valence-electron chi connectivity index (χ0n) is 8.72. The number of fused-ring (bicyclic) bond motifs is 1. The van der Waals surface area contributed by atoms with Gasteiger partial charge in [0.2, 0.25) is 0 Å². The summed E-state index contributed by atoms with van der Waals surface area (Å²) in [7, 11) is 1.96. The third kappa shape index (κ3) is 1.86. The monoisotopic (exact) mass is 205 g/mol. The fraction of sp³-hybridized carbons (Fsp3) is 0.364. The molecule has 0 saturated carbocycles. The van der Waals surface area contributed by atoms with E-state index in [1.54, 1.807) is 6.33 Å². The van der Waals surface area contributed by atoms with Crippen LogP contribution in [0.4, 0.5) is 0 Å². The van der Waals surface area contributed by atoms with E-state index < -0.39 is 0 Å². The van der Waals surface area contributed by atoms with E-state index in [-0.39, 0.29) is 12.6 Å². The molecular formula is C11H15N3O. The van der Waals surface area contributed by atoms with E-state index in [0.29, 0.717) is 6.42 Å². The summed E-state index contributed by atoms with van der Waals surface area (Å²) in [6.07, 6.45) is 2.37. The topological polar surface area (TPSA) is 64.1 Å². The summed E-state index contributed by atoms with van der Waals surface area (Å²) in [5.74, 6) is 0. The Bertz CT molecular complexity index is 464.